The molecule has 2 nitrogen and oxygen atoms in total. The molecule has 18 heavy (non-hydrogen) atoms. The average Bonchev–Trinajstić information content (AvgIpc) is 2.76. The smallest absolute Gasteiger partial charge is 0.252 e. The van der Waals surface area contributed by atoms with E-state index < -0.39 is 0 Å². The second-order valence-electron chi connectivity index (χ2n) is 4.92. The van der Waals surface area contributed by atoms with Crippen LogP contribution in [0.5, 0.6) is 0 Å². The minimum absolute atomic E-state index is 0.0566. The lowest BCUT2D eigenvalue weighted by molar-refractivity contribution is 0.0946. The third-order valence-electron chi connectivity index (χ3n) is 3.46. The number of nitrogens with one attached hydrogen (secondary N) is 1. The van der Waals surface area contributed by atoms with E-state index in [1.54, 1.807) is 0 Å². The Morgan fingerprint density at radius 1 is 1.50 bits per heavy atom. The van der Waals surface area contributed by atoms with Crippen LogP contribution in [0.1, 0.15) is 35.2 Å². The van der Waals surface area contributed by atoms with Crippen molar-refractivity contribution < 1.29 is 4.79 Å². The molecule has 1 aromatic rings. The van der Waals surface area contributed by atoms with Crippen molar-refractivity contribution in [2.24, 2.45) is 5.92 Å². The largest absolute Gasteiger partial charge is 0.352 e. The molecule has 1 aliphatic carbocycles. The molecular weight excluding hydrogens is 405 g/mol. The summed E-state index contributed by atoms with van der Waals surface area (Å²) in [6.45, 7) is 2.83. The zero-order chi connectivity index (χ0) is 13.1. The van der Waals surface area contributed by atoms with Crippen molar-refractivity contribution in [1.29, 1.82) is 0 Å². The van der Waals surface area contributed by atoms with Gasteiger partial charge in [-0.3, -0.25) is 4.79 Å². The summed E-state index contributed by atoms with van der Waals surface area (Å²) in [5.74, 6) is 0.682. The Labute approximate surface area is 130 Å². The molecule has 0 saturated heterocycles. The fourth-order valence-corrected chi connectivity index (χ4v) is 3.75. The number of halogens is 2. The summed E-state index contributed by atoms with van der Waals surface area (Å²) in [4.78, 5) is 12.8. The highest BCUT2D eigenvalue weighted by Gasteiger charge is 2.23. The number of carbonyl (C=O) groups excluding carboxylic acids is 1. The second-order valence-corrected chi connectivity index (χ2v) is 7.30. The van der Waals surface area contributed by atoms with Gasteiger partial charge >= 0.3 is 0 Å². The first-order valence-corrected chi connectivity index (χ1v) is 8.24. The Bertz CT molecular complexity index is 449. The van der Waals surface area contributed by atoms with Gasteiger partial charge < -0.3 is 5.32 Å². The second kappa shape index (κ2) is 6.37. The number of carbonyl (C=O) groups is 1. The van der Waals surface area contributed by atoms with Gasteiger partial charge in [-0.2, -0.15) is 0 Å². The van der Waals surface area contributed by atoms with Crippen LogP contribution >= 0.6 is 38.5 Å². The summed E-state index contributed by atoms with van der Waals surface area (Å²) in [6.07, 6.45) is 3.61. The average molecular weight is 422 g/mol. The summed E-state index contributed by atoms with van der Waals surface area (Å²) in [5.41, 5.74) is 1.95. The highest BCUT2D eigenvalue weighted by Crippen LogP contribution is 2.30. The zero-order valence-corrected chi connectivity index (χ0v) is 14.1. The summed E-state index contributed by atoms with van der Waals surface area (Å²) in [7, 11) is 0. The van der Waals surface area contributed by atoms with E-state index in [9.17, 15) is 4.79 Å². The SMILES string of the molecule is Cc1cccc(C(=O)NCC2CCC(Br)C2)c1I. The maximum atomic E-state index is 12.1. The first-order chi connectivity index (χ1) is 8.58. The number of hydrogen-bond acceptors (Lipinski definition) is 1. The Balaban J connectivity index is 1.94. The van der Waals surface area contributed by atoms with Crippen molar-refractivity contribution in [1.82, 2.24) is 5.32 Å². The Morgan fingerprint density at radius 3 is 2.94 bits per heavy atom. The van der Waals surface area contributed by atoms with Crippen molar-refractivity contribution in [2.45, 2.75) is 31.0 Å². The van der Waals surface area contributed by atoms with E-state index in [-0.39, 0.29) is 5.91 Å². The molecule has 2 atom stereocenters. The monoisotopic (exact) mass is 421 g/mol. The fraction of sp³-hybridized carbons (Fsp3) is 0.500. The summed E-state index contributed by atoms with van der Waals surface area (Å²) in [6, 6.07) is 5.87. The van der Waals surface area contributed by atoms with Crippen molar-refractivity contribution >= 4 is 44.4 Å². The van der Waals surface area contributed by atoms with Gasteiger partial charge in [-0.15, -0.1) is 0 Å². The number of alkyl halides is 1. The number of benzene rings is 1. The van der Waals surface area contributed by atoms with Gasteiger partial charge in [0.15, 0.2) is 0 Å². The van der Waals surface area contributed by atoms with Crippen molar-refractivity contribution in [3.8, 4) is 0 Å². The molecule has 1 fully saturated rings. The molecule has 1 aromatic carbocycles. The highest BCUT2D eigenvalue weighted by molar-refractivity contribution is 14.1. The van der Waals surface area contributed by atoms with Crippen LogP contribution in [0.15, 0.2) is 18.2 Å². The van der Waals surface area contributed by atoms with E-state index in [1.165, 1.54) is 19.3 Å². The summed E-state index contributed by atoms with van der Waals surface area (Å²) in [5, 5.41) is 3.06. The Hall–Kier alpha value is -0.100. The van der Waals surface area contributed by atoms with Crippen LogP contribution in [-0.4, -0.2) is 17.3 Å². The van der Waals surface area contributed by atoms with E-state index in [2.05, 4.69) is 43.8 Å². The summed E-state index contributed by atoms with van der Waals surface area (Å²) < 4.78 is 1.05. The van der Waals surface area contributed by atoms with Gasteiger partial charge in [0.05, 0.1) is 5.56 Å². The minimum Gasteiger partial charge on any atom is -0.352 e. The topological polar surface area (TPSA) is 29.1 Å². The van der Waals surface area contributed by atoms with E-state index in [1.807, 2.05) is 25.1 Å². The maximum Gasteiger partial charge on any atom is 0.252 e. The number of rotatable bonds is 3. The van der Waals surface area contributed by atoms with Crippen molar-refractivity contribution in [3.05, 3.63) is 32.9 Å². The van der Waals surface area contributed by atoms with E-state index in [4.69, 9.17) is 0 Å². The van der Waals surface area contributed by atoms with Gasteiger partial charge in [0.1, 0.15) is 0 Å². The highest BCUT2D eigenvalue weighted by atomic mass is 127. The van der Waals surface area contributed by atoms with Gasteiger partial charge in [-0.1, -0.05) is 28.1 Å². The molecule has 0 spiro atoms. The van der Waals surface area contributed by atoms with E-state index in [0.717, 1.165) is 21.2 Å². The first kappa shape index (κ1) is 14.3. The third kappa shape index (κ3) is 3.47. The molecule has 0 aromatic heterocycles. The van der Waals surface area contributed by atoms with Crippen LogP contribution in [0.3, 0.4) is 0 Å². The molecule has 98 valence electrons. The van der Waals surface area contributed by atoms with Gasteiger partial charge in [0.2, 0.25) is 0 Å². The lowest BCUT2D eigenvalue weighted by Gasteiger charge is -2.12. The van der Waals surface area contributed by atoms with Gasteiger partial charge in [-0.05, 0) is 66.3 Å². The standard InChI is InChI=1S/C14H17BrINO/c1-9-3-2-4-12(13(9)16)14(18)17-8-10-5-6-11(15)7-10/h2-4,10-11H,5-8H2,1H3,(H,17,18). The fourth-order valence-electron chi connectivity index (χ4n) is 2.35. The van der Waals surface area contributed by atoms with Crippen LogP contribution < -0.4 is 5.32 Å². The third-order valence-corrected chi connectivity index (χ3v) is 5.73. The molecule has 0 heterocycles. The molecule has 2 rings (SSSR count). The normalized spacial score (nSPS) is 23.1. The Kier molecular flexibility index (Phi) is 5.06. The molecule has 4 heteroatoms. The van der Waals surface area contributed by atoms with Gasteiger partial charge in [0, 0.05) is 14.9 Å². The predicted molar refractivity (Wildman–Crippen MR) is 86.3 cm³/mol. The van der Waals surface area contributed by atoms with Gasteiger partial charge in [-0.25, -0.2) is 0 Å². The van der Waals surface area contributed by atoms with Crippen LogP contribution in [0.25, 0.3) is 0 Å². The quantitative estimate of drug-likeness (QED) is 0.582. The van der Waals surface area contributed by atoms with Crippen molar-refractivity contribution in [3.63, 3.8) is 0 Å². The zero-order valence-electron chi connectivity index (χ0n) is 10.4. The Morgan fingerprint density at radius 2 is 2.28 bits per heavy atom. The minimum atomic E-state index is 0.0566. The molecule has 1 N–H and O–H groups in total. The lowest BCUT2D eigenvalue weighted by atomic mass is 10.1. The molecule has 1 amide bonds. The van der Waals surface area contributed by atoms with Crippen LogP contribution in [-0.2, 0) is 0 Å². The van der Waals surface area contributed by atoms with E-state index >= 15 is 0 Å². The number of hydrogen-bond donors (Lipinski definition) is 1. The number of aryl methyl sites for hydroxylation is 1. The summed E-state index contributed by atoms with van der Waals surface area (Å²) >= 11 is 5.88. The predicted octanol–water partition coefficient (Wildman–Crippen LogP) is 3.89. The van der Waals surface area contributed by atoms with Crippen LogP contribution in [0.4, 0.5) is 0 Å². The van der Waals surface area contributed by atoms with Crippen LogP contribution in [0.2, 0.25) is 0 Å². The molecule has 0 bridgehead atoms. The first-order valence-electron chi connectivity index (χ1n) is 6.25. The molecular formula is C14H17BrINO. The van der Waals surface area contributed by atoms with Crippen LogP contribution in [0, 0.1) is 16.4 Å². The lowest BCUT2D eigenvalue weighted by Crippen LogP contribution is -2.29. The molecule has 2 unspecified atom stereocenters. The van der Waals surface area contributed by atoms with E-state index in [0.29, 0.717) is 10.7 Å². The molecule has 1 aliphatic rings. The van der Waals surface area contributed by atoms with Crippen molar-refractivity contribution in [2.75, 3.05) is 6.54 Å². The number of amides is 1. The molecule has 0 radical (unpaired) electrons. The molecule has 0 aliphatic heterocycles. The maximum absolute atomic E-state index is 12.1. The van der Waals surface area contributed by atoms with Gasteiger partial charge in [0.25, 0.3) is 5.91 Å². The molecule has 1 saturated carbocycles.